The van der Waals surface area contributed by atoms with Gasteiger partial charge in [-0.05, 0) is 67.1 Å². The average Bonchev–Trinajstić information content (AvgIpc) is 3.12. The van der Waals surface area contributed by atoms with Crippen molar-refractivity contribution in [1.82, 2.24) is 14.9 Å². The summed E-state index contributed by atoms with van der Waals surface area (Å²) in [4.78, 5) is 28.8. The van der Waals surface area contributed by atoms with Crippen LogP contribution >= 0.6 is 0 Å². The molecule has 4 rings (SSSR count). The molecular formula is C24H20FN3O3. The number of halogens is 1. The summed E-state index contributed by atoms with van der Waals surface area (Å²) in [6.45, 7) is 2.18. The summed E-state index contributed by atoms with van der Waals surface area (Å²) in [7, 11) is 1.33. The molecule has 31 heavy (non-hydrogen) atoms. The highest BCUT2D eigenvalue weighted by Gasteiger charge is 2.13. The summed E-state index contributed by atoms with van der Waals surface area (Å²) >= 11 is 0. The predicted molar refractivity (Wildman–Crippen MR) is 115 cm³/mol. The van der Waals surface area contributed by atoms with Crippen LogP contribution in [-0.4, -0.2) is 28.5 Å². The number of imidazole rings is 1. The number of hydrogen-bond acceptors (Lipinski definition) is 4. The molecule has 0 saturated carbocycles. The minimum atomic E-state index is -0.406. The quantitative estimate of drug-likeness (QED) is 0.494. The number of methoxy groups -OCH3 is 1. The maximum absolute atomic E-state index is 13.3. The molecule has 0 bridgehead atoms. The molecular weight excluding hydrogens is 397 g/mol. The van der Waals surface area contributed by atoms with Gasteiger partial charge in [-0.1, -0.05) is 12.1 Å². The summed E-state index contributed by atoms with van der Waals surface area (Å²) in [5.74, 6) is -0.212. The molecule has 6 nitrogen and oxygen atoms in total. The zero-order valence-electron chi connectivity index (χ0n) is 17.1. The lowest BCUT2D eigenvalue weighted by molar-refractivity contribution is 0.0600. The van der Waals surface area contributed by atoms with Gasteiger partial charge in [0, 0.05) is 17.8 Å². The number of carbonyl (C=O) groups is 2. The maximum atomic E-state index is 13.3. The van der Waals surface area contributed by atoms with Crippen LogP contribution in [0.4, 0.5) is 4.39 Å². The third-order valence-electron chi connectivity index (χ3n) is 5.00. The second-order valence-electron chi connectivity index (χ2n) is 7.05. The van der Waals surface area contributed by atoms with Crippen molar-refractivity contribution in [1.29, 1.82) is 0 Å². The summed E-state index contributed by atoms with van der Waals surface area (Å²) < 4.78 is 19.9. The molecule has 0 radical (unpaired) electrons. The topological polar surface area (TPSA) is 73.2 Å². The second-order valence-corrected chi connectivity index (χ2v) is 7.05. The average molecular weight is 417 g/mol. The molecule has 0 unspecified atom stereocenters. The molecule has 0 spiro atoms. The van der Waals surface area contributed by atoms with Crippen molar-refractivity contribution in [3.63, 3.8) is 0 Å². The fraction of sp³-hybridized carbons (Fsp3) is 0.125. The van der Waals surface area contributed by atoms with Crippen LogP contribution in [0.2, 0.25) is 0 Å². The van der Waals surface area contributed by atoms with E-state index in [4.69, 9.17) is 0 Å². The van der Waals surface area contributed by atoms with E-state index in [1.54, 1.807) is 54.6 Å². The molecule has 3 aromatic carbocycles. The van der Waals surface area contributed by atoms with E-state index < -0.39 is 5.97 Å². The fourth-order valence-electron chi connectivity index (χ4n) is 3.41. The monoisotopic (exact) mass is 417 g/mol. The van der Waals surface area contributed by atoms with Gasteiger partial charge in [-0.3, -0.25) is 9.36 Å². The number of hydrogen-bond donors (Lipinski definition) is 1. The van der Waals surface area contributed by atoms with Crippen LogP contribution in [0.15, 0.2) is 66.7 Å². The summed E-state index contributed by atoms with van der Waals surface area (Å²) in [5, 5.41) is 2.88. The molecule has 0 atom stereocenters. The van der Waals surface area contributed by atoms with Gasteiger partial charge in [0.2, 0.25) is 0 Å². The molecule has 1 aromatic heterocycles. The maximum Gasteiger partial charge on any atom is 0.337 e. The van der Waals surface area contributed by atoms with Crippen molar-refractivity contribution >= 4 is 22.9 Å². The number of nitrogens with zero attached hydrogens (tertiary/aromatic N) is 2. The van der Waals surface area contributed by atoms with Gasteiger partial charge < -0.3 is 10.1 Å². The molecule has 1 amide bonds. The number of esters is 1. The molecule has 0 aliphatic carbocycles. The molecule has 0 fully saturated rings. The minimum Gasteiger partial charge on any atom is -0.465 e. The van der Waals surface area contributed by atoms with Crippen molar-refractivity contribution in [2.45, 2.75) is 13.5 Å². The highest BCUT2D eigenvalue weighted by molar-refractivity contribution is 5.97. The summed E-state index contributed by atoms with van der Waals surface area (Å²) in [6.07, 6.45) is 0. The Kier molecular flexibility index (Phi) is 5.49. The van der Waals surface area contributed by atoms with E-state index in [1.165, 1.54) is 19.2 Å². The first-order valence-electron chi connectivity index (χ1n) is 9.67. The van der Waals surface area contributed by atoms with E-state index in [0.29, 0.717) is 17.7 Å². The largest absolute Gasteiger partial charge is 0.465 e. The Bertz CT molecular complexity index is 1260. The first kappa shape index (κ1) is 20.3. The molecule has 4 aromatic rings. The normalized spacial score (nSPS) is 10.8. The van der Waals surface area contributed by atoms with E-state index in [1.807, 2.05) is 11.5 Å². The summed E-state index contributed by atoms with van der Waals surface area (Å²) in [5.41, 5.74) is 4.07. The second kappa shape index (κ2) is 8.39. The Labute approximate surface area is 178 Å². The SMILES string of the molecule is COC(=O)c1ccc(CNC(=O)c2ccc3nc(C)n(-c4ccc(F)cc4)c3c2)cc1. The first-order chi connectivity index (χ1) is 15.0. The molecule has 7 heteroatoms. The Balaban J connectivity index is 1.55. The summed E-state index contributed by atoms with van der Waals surface area (Å²) in [6, 6.07) is 18.3. The lowest BCUT2D eigenvalue weighted by atomic mass is 10.1. The van der Waals surface area contributed by atoms with Crippen LogP contribution in [0.5, 0.6) is 0 Å². The number of carbonyl (C=O) groups excluding carboxylic acids is 2. The highest BCUT2D eigenvalue weighted by Crippen LogP contribution is 2.23. The third-order valence-corrected chi connectivity index (χ3v) is 5.00. The molecule has 0 saturated heterocycles. The van der Waals surface area contributed by atoms with Crippen LogP contribution in [-0.2, 0) is 11.3 Å². The van der Waals surface area contributed by atoms with E-state index in [2.05, 4.69) is 15.0 Å². The number of benzene rings is 3. The van der Waals surface area contributed by atoms with Crippen molar-refractivity contribution in [3.05, 3.63) is 95.1 Å². The van der Waals surface area contributed by atoms with E-state index >= 15 is 0 Å². The fourth-order valence-corrected chi connectivity index (χ4v) is 3.41. The number of nitrogens with one attached hydrogen (secondary N) is 1. The van der Waals surface area contributed by atoms with E-state index in [9.17, 15) is 14.0 Å². The van der Waals surface area contributed by atoms with Gasteiger partial charge in [-0.25, -0.2) is 14.2 Å². The van der Waals surface area contributed by atoms with Gasteiger partial charge in [0.25, 0.3) is 5.91 Å². The molecule has 0 aliphatic rings. The Hall–Kier alpha value is -4.00. The van der Waals surface area contributed by atoms with Crippen molar-refractivity contribution < 1.29 is 18.7 Å². The Morgan fingerprint density at radius 3 is 2.35 bits per heavy atom. The van der Waals surface area contributed by atoms with Crippen LogP contribution in [0.3, 0.4) is 0 Å². The first-order valence-corrected chi connectivity index (χ1v) is 9.67. The Morgan fingerprint density at radius 1 is 1.00 bits per heavy atom. The standard InChI is InChI=1S/C24H20FN3O3/c1-15-27-21-12-7-18(13-22(21)28(15)20-10-8-19(25)9-11-20)23(29)26-14-16-3-5-17(6-4-16)24(30)31-2/h3-13H,14H2,1-2H3,(H,26,29). The number of rotatable bonds is 5. The van der Waals surface area contributed by atoms with Crippen LogP contribution < -0.4 is 5.32 Å². The smallest absolute Gasteiger partial charge is 0.337 e. The van der Waals surface area contributed by atoms with Gasteiger partial charge in [-0.2, -0.15) is 0 Å². The molecule has 1 heterocycles. The predicted octanol–water partition coefficient (Wildman–Crippen LogP) is 4.19. The van der Waals surface area contributed by atoms with Crippen LogP contribution in [0, 0.1) is 12.7 Å². The van der Waals surface area contributed by atoms with Crippen LogP contribution in [0.25, 0.3) is 16.7 Å². The molecule has 0 aliphatic heterocycles. The van der Waals surface area contributed by atoms with Gasteiger partial charge in [0.1, 0.15) is 11.6 Å². The Morgan fingerprint density at radius 2 is 1.68 bits per heavy atom. The van der Waals surface area contributed by atoms with Gasteiger partial charge in [0.15, 0.2) is 0 Å². The minimum absolute atomic E-state index is 0.233. The zero-order chi connectivity index (χ0) is 22.0. The van der Waals surface area contributed by atoms with Gasteiger partial charge >= 0.3 is 5.97 Å². The molecule has 1 N–H and O–H groups in total. The van der Waals surface area contributed by atoms with Gasteiger partial charge in [0.05, 0.1) is 23.7 Å². The van der Waals surface area contributed by atoms with E-state index in [-0.39, 0.29) is 11.7 Å². The molecule has 156 valence electrons. The van der Waals surface area contributed by atoms with Crippen molar-refractivity contribution in [3.8, 4) is 5.69 Å². The third kappa shape index (κ3) is 4.16. The lowest BCUT2D eigenvalue weighted by Crippen LogP contribution is -2.22. The van der Waals surface area contributed by atoms with Crippen LogP contribution in [0.1, 0.15) is 32.1 Å². The number of aromatic nitrogens is 2. The van der Waals surface area contributed by atoms with Crippen molar-refractivity contribution in [2.75, 3.05) is 7.11 Å². The van der Waals surface area contributed by atoms with Crippen molar-refractivity contribution in [2.24, 2.45) is 0 Å². The number of fused-ring (bicyclic) bond motifs is 1. The van der Waals surface area contributed by atoms with E-state index in [0.717, 1.165) is 28.1 Å². The number of amides is 1. The zero-order valence-corrected chi connectivity index (χ0v) is 17.1. The number of ether oxygens (including phenoxy) is 1. The highest BCUT2D eigenvalue weighted by atomic mass is 19.1. The van der Waals surface area contributed by atoms with Gasteiger partial charge in [-0.15, -0.1) is 0 Å². The lowest BCUT2D eigenvalue weighted by Gasteiger charge is -2.09. The number of aryl methyl sites for hydroxylation is 1.